The Balaban J connectivity index is 2.51. The minimum Gasteiger partial charge on any atom is -0.480 e. The molecule has 7 nitrogen and oxygen atoms in total. The highest BCUT2D eigenvalue weighted by Crippen LogP contribution is 2.05. The van der Waals surface area contributed by atoms with Crippen LogP contribution in [0.3, 0.4) is 0 Å². The summed E-state index contributed by atoms with van der Waals surface area (Å²) in [5.74, 6) is 1.80. The molecule has 0 atom stereocenters. The van der Waals surface area contributed by atoms with Gasteiger partial charge in [0, 0.05) is 19.3 Å². The van der Waals surface area contributed by atoms with Gasteiger partial charge in [0.1, 0.15) is 6.54 Å². The summed E-state index contributed by atoms with van der Waals surface area (Å²) >= 11 is 0. The zero-order valence-corrected chi connectivity index (χ0v) is 11.3. The molecular formula is C13H17N3O4. The summed E-state index contributed by atoms with van der Waals surface area (Å²) in [6, 6.07) is 0. The van der Waals surface area contributed by atoms with Crippen molar-refractivity contribution in [2.75, 3.05) is 13.1 Å². The Labute approximate surface area is 117 Å². The fourth-order valence-corrected chi connectivity index (χ4v) is 1.59. The van der Waals surface area contributed by atoms with E-state index in [1.807, 2.05) is 6.92 Å². The maximum absolute atomic E-state index is 11.9. The van der Waals surface area contributed by atoms with Gasteiger partial charge in [0.05, 0.1) is 6.54 Å². The Kier molecular flexibility index (Phi) is 6.23. The standard InChI is InChI=1S/C13H17N3O4/c1-3-5-10-14-11(20-15-10)6-7-12(17)16(8-4-2)9-13(18)19/h2H,3,5-9H2,1H3,(H,18,19). The highest BCUT2D eigenvalue weighted by molar-refractivity contribution is 5.81. The number of aromatic nitrogens is 2. The largest absolute Gasteiger partial charge is 0.480 e. The molecular weight excluding hydrogens is 262 g/mol. The van der Waals surface area contributed by atoms with E-state index < -0.39 is 12.5 Å². The van der Waals surface area contributed by atoms with Gasteiger partial charge in [0.25, 0.3) is 0 Å². The summed E-state index contributed by atoms with van der Waals surface area (Å²) < 4.78 is 5.00. The number of carbonyl (C=O) groups excluding carboxylic acids is 1. The van der Waals surface area contributed by atoms with Gasteiger partial charge in [-0.15, -0.1) is 6.42 Å². The number of carbonyl (C=O) groups is 2. The van der Waals surface area contributed by atoms with Crippen LogP contribution in [0.25, 0.3) is 0 Å². The first kappa shape index (κ1) is 15.7. The average Bonchev–Trinajstić information content (AvgIpc) is 2.83. The number of nitrogens with zero attached hydrogens (tertiary/aromatic N) is 3. The van der Waals surface area contributed by atoms with Crippen LogP contribution in [0.5, 0.6) is 0 Å². The maximum Gasteiger partial charge on any atom is 0.323 e. The minimum atomic E-state index is -1.10. The lowest BCUT2D eigenvalue weighted by Crippen LogP contribution is -2.36. The molecule has 1 aromatic rings. The van der Waals surface area contributed by atoms with Gasteiger partial charge in [-0.2, -0.15) is 4.98 Å². The van der Waals surface area contributed by atoms with Crippen molar-refractivity contribution in [1.29, 1.82) is 0 Å². The normalized spacial score (nSPS) is 10.0. The summed E-state index contributed by atoms with van der Waals surface area (Å²) in [4.78, 5) is 27.7. The SMILES string of the molecule is C#CCN(CC(=O)O)C(=O)CCc1nc(CCC)no1. The fraction of sp³-hybridized carbons (Fsp3) is 0.538. The van der Waals surface area contributed by atoms with Crippen LogP contribution in [0.2, 0.25) is 0 Å². The number of carboxylic acids is 1. The maximum atomic E-state index is 11.9. The van der Waals surface area contributed by atoms with E-state index in [2.05, 4.69) is 16.1 Å². The first-order valence-electron chi connectivity index (χ1n) is 6.31. The number of carboxylic acid groups (broad SMARTS) is 1. The highest BCUT2D eigenvalue weighted by Gasteiger charge is 2.17. The van der Waals surface area contributed by atoms with E-state index in [4.69, 9.17) is 16.1 Å². The van der Waals surface area contributed by atoms with Crippen LogP contribution in [0.1, 0.15) is 31.5 Å². The summed E-state index contributed by atoms with van der Waals surface area (Å²) in [7, 11) is 0. The van der Waals surface area contributed by atoms with Crippen molar-refractivity contribution in [3.8, 4) is 12.3 Å². The Morgan fingerprint density at radius 1 is 1.45 bits per heavy atom. The molecule has 0 bridgehead atoms. The molecule has 0 radical (unpaired) electrons. The number of hydrogen-bond acceptors (Lipinski definition) is 5. The quantitative estimate of drug-likeness (QED) is 0.696. The second-order valence-corrected chi connectivity index (χ2v) is 4.20. The van der Waals surface area contributed by atoms with Crippen molar-refractivity contribution >= 4 is 11.9 Å². The van der Waals surface area contributed by atoms with E-state index in [-0.39, 0.29) is 25.3 Å². The predicted molar refractivity (Wildman–Crippen MR) is 69.7 cm³/mol. The zero-order valence-electron chi connectivity index (χ0n) is 11.3. The Hall–Kier alpha value is -2.36. The van der Waals surface area contributed by atoms with Crippen LogP contribution in [-0.4, -0.2) is 45.1 Å². The van der Waals surface area contributed by atoms with E-state index in [1.165, 1.54) is 0 Å². The topological polar surface area (TPSA) is 96.5 Å². The van der Waals surface area contributed by atoms with Gasteiger partial charge < -0.3 is 14.5 Å². The number of amides is 1. The average molecular weight is 279 g/mol. The monoisotopic (exact) mass is 279 g/mol. The van der Waals surface area contributed by atoms with Gasteiger partial charge in [-0.1, -0.05) is 18.0 Å². The highest BCUT2D eigenvalue weighted by atomic mass is 16.5. The molecule has 0 aliphatic heterocycles. The molecule has 1 aromatic heterocycles. The van der Waals surface area contributed by atoms with E-state index in [0.717, 1.165) is 17.7 Å². The van der Waals surface area contributed by atoms with E-state index in [9.17, 15) is 9.59 Å². The van der Waals surface area contributed by atoms with Gasteiger partial charge >= 0.3 is 5.97 Å². The summed E-state index contributed by atoms with van der Waals surface area (Å²) in [6.07, 6.45) is 7.10. The van der Waals surface area contributed by atoms with Crippen molar-refractivity contribution < 1.29 is 19.2 Å². The number of rotatable bonds is 8. The predicted octanol–water partition coefficient (Wildman–Crippen LogP) is 0.501. The Morgan fingerprint density at radius 2 is 2.20 bits per heavy atom. The van der Waals surface area contributed by atoms with Crippen LogP contribution in [-0.2, 0) is 22.4 Å². The van der Waals surface area contributed by atoms with Crippen LogP contribution in [0.15, 0.2) is 4.52 Å². The summed E-state index contributed by atoms with van der Waals surface area (Å²) in [5.41, 5.74) is 0. The van der Waals surface area contributed by atoms with Gasteiger partial charge in [-0.3, -0.25) is 9.59 Å². The fourth-order valence-electron chi connectivity index (χ4n) is 1.59. The molecule has 0 aromatic carbocycles. The molecule has 1 heterocycles. The van der Waals surface area contributed by atoms with Crippen molar-refractivity contribution in [3.05, 3.63) is 11.7 Å². The van der Waals surface area contributed by atoms with Gasteiger partial charge in [-0.05, 0) is 6.42 Å². The van der Waals surface area contributed by atoms with E-state index in [0.29, 0.717) is 11.7 Å². The summed E-state index contributed by atoms with van der Waals surface area (Å²) in [6.45, 7) is 1.56. The van der Waals surface area contributed by atoms with Crippen molar-refractivity contribution in [3.63, 3.8) is 0 Å². The molecule has 0 saturated carbocycles. The van der Waals surface area contributed by atoms with E-state index in [1.54, 1.807) is 0 Å². The molecule has 0 unspecified atom stereocenters. The van der Waals surface area contributed by atoms with E-state index >= 15 is 0 Å². The molecule has 0 aliphatic carbocycles. The third kappa shape index (κ3) is 5.10. The molecule has 20 heavy (non-hydrogen) atoms. The molecule has 0 saturated heterocycles. The number of aliphatic carboxylic acids is 1. The van der Waals surface area contributed by atoms with Crippen LogP contribution in [0.4, 0.5) is 0 Å². The van der Waals surface area contributed by atoms with Gasteiger partial charge in [-0.25, -0.2) is 0 Å². The van der Waals surface area contributed by atoms with Gasteiger partial charge in [0.2, 0.25) is 11.8 Å². The second kappa shape index (κ2) is 7.94. The second-order valence-electron chi connectivity index (χ2n) is 4.20. The molecule has 0 spiro atoms. The van der Waals surface area contributed by atoms with Crippen LogP contribution >= 0.6 is 0 Å². The minimum absolute atomic E-state index is 0.0317. The lowest BCUT2D eigenvalue weighted by Gasteiger charge is -2.17. The molecule has 108 valence electrons. The Bertz CT molecular complexity index is 504. The molecule has 0 aliphatic rings. The first-order chi connectivity index (χ1) is 9.56. The number of terminal acetylenes is 1. The smallest absolute Gasteiger partial charge is 0.323 e. The number of aryl methyl sites for hydroxylation is 2. The molecule has 1 amide bonds. The lowest BCUT2D eigenvalue weighted by molar-refractivity contribution is -0.144. The van der Waals surface area contributed by atoms with Crippen LogP contribution in [0, 0.1) is 12.3 Å². The van der Waals surface area contributed by atoms with Crippen molar-refractivity contribution in [2.24, 2.45) is 0 Å². The lowest BCUT2D eigenvalue weighted by atomic mass is 10.2. The molecule has 0 fully saturated rings. The third-order valence-corrected chi connectivity index (χ3v) is 2.50. The number of hydrogen-bond donors (Lipinski definition) is 1. The molecule has 1 N–H and O–H groups in total. The zero-order chi connectivity index (χ0) is 15.0. The van der Waals surface area contributed by atoms with Crippen molar-refractivity contribution in [2.45, 2.75) is 32.6 Å². The molecule has 1 rings (SSSR count). The molecule has 7 heteroatoms. The Morgan fingerprint density at radius 3 is 2.80 bits per heavy atom. The van der Waals surface area contributed by atoms with Crippen LogP contribution < -0.4 is 0 Å². The van der Waals surface area contributed by atoms with Gasteiger partial charge in [0.15, 0.2) is 5.82 Å². The first-order valence-corrected chi connectivity index (χ1v) is 6.31. The summed E-state index contributed by atoms with van der Waals surface area (Å²) in [5, 5.41) is 12.5. The third-order valence-electron chi connectivity index (χ3n) is 2.50. The van der Waals surface area contributed by atoms with Crippen molar-refractivity contribution in [1.82, 2.24) is 15.0 Å².